The van der Waals surface area contributed by atoms with E-state index in [2.05, 4.69) is 64.0 Å². The molecule has 7 heteroatoms. The summed E-state index contributed by atoms with van der Waals surface area (Å²) in [7, 11) is 1.73. The molecule has 0 spiro atoms. The number of benzene rings is 2. The summed E-state index contributed by atoms with van der Waals surface area (Å²) in [5.74, 6) is 2.37. The molecule has 4 rings (SSSR count). The number of nitrogens with zero attached hydrogens (tertiary/aromatic N) is 4. The number of ether oxygens (including phenoxy) is 1. The lowest BCUT2D eigenvalue weighted by molar-refractivity contribution is 0.414. The van der Waals surface area contributed by atoms with Crippen molar-refractivity contribution in [2.24, 2.45) is 10.9 Å². The van der Waals surface area contributed by atoms with Gasteiger partial charge in [0.1, 0.15) is 5.75 Å². The smallest absolute Gasteiger partial charge is 0.191 e. The van der Waals surface area contributed by atoms with Gasteiger partial charge >= 0.3 is 0 Å². The van der Waals surface area contributed by atoms with E-state index in [9.17, 15) is 0 Å². The summed E-state index contributed by atoms with van der Waals surface area (Å²) >= 11 is 0. The fourth-order valence-electron chi connectivity index (χ4n) is 4.22. The highest BCUT2D eigenvalue weighted by Gasteiger charge is 2.24. The standard InChI is InChI=1S/C26H34N6O/c1-3-27-26(28-16-13-21-9-11-23(12-10-21)32-17-6-15-30-32)29-19-22-14-18-31(20-22)24-7-4-5-8-25(24)33-2/h4-12,15,17,22H,3,13-14,16,18-20H2,1-2H3,(H2,27,28,29). The van der Waals surface area contributed by atoms with Crippen LogP contribution in [-0.2, 0) is 6.42 Å². The lowest BCUT2D eigenvalue weighted by Gasteiger charge is -2.21. The zero-order valence-electron chi connectivity index (χ0n) is 19.6. The number of hydrogen-bond donors (Lipinski definition) is 2. The Hall–Kier alpha value is -3.48. The third-order valence-corrected chi connectivity index (χ3v) is 5.97. The number of anilines is 1. The Morgan fingerprint density at radius 3 is 2.73 bits per heavy atom. The molecule has 1 aliphatic heterocycles. The number of hydrogen-bond acceptors (Lipinski definition) is 4. The predicted octanol–water partition coefficient (Wildman–Crippen LogP) is 3.51. The van der Waals surface area contributed by atoms with Crippen LogP contribution in [0.15, 0.2) is 72.0 Å². The molecule has 2 heterocycles. The maximum Gasteiger partial charge on any atom is 0.191 e. The van der Waals surface area contributed by atoms with Crippen molar-refractivity contribution in [1.29, 1.82) is 0 Å². The van der Waals surface area contributed by atoms with Crippen molar-refractivity contribution in [1.82, 2.24) is 20.4 Å². The Morgan fingerprint density at radius 2 is 1.97 bits per heavy atom. The minimum Gasteiger partial charge on any atom is -0.495 e. The summed E-state index contributed by atoms with van der Waals surface area (Å²) in [6.07, 6.45) is 5.83. The van der Waals surface area contributed by atoms with Gasteiger partial charge in [0, 0.05) is 45.1 Å². The van der Waals surface area contributed by atoms with Crippen LogP contribution in [0.4, 0.5) is 5.69 Å². The Kier molecular flexibility index (Phi) is 7.85. The van der Waals surface area contributed by atoms with E-state index in [4.69, 9.17) is 9.73 Å². The van der Waals surface area contributed by atoms with Gasteiger partial charge in [0.15, 0.2) is 5.96 Å². The van der Waals surface area contributed by atoms with E-state index in [1.807, 2.05) is 29.1 Å². The first-order valence-corrected chi connectivity index (χ1v) is 11.8. The van der Waals surface area contributed by atoms with Gasteiger partial charge < -0.3 is 20.3 Å². The highest BCUT2D eigenvalue weighted by molar-refractivity contribution is 5.79. The van der Waals surface area contributed by atoms with E-state index in [-0.39, 0.29) is 0 Å². The van der Waals surface area contributed by atoms with E-state index in [0.29, 0.717) is 5.92 Å². The van der Waals surface area contributed by atoms with Crippen LogP contribution in [0.25, 0.3) is 5.69 Å². The summed E-state index contributed by atoms with van der Waals surface area (Å²) in [5.41, 5.74) is 3.54. The minimum absolute atomic E-state index is 0.542. The Bertz CT molecular complexity index is 1020. The van der Waals surface area contributed by atoms with Gasteiger partial charge in [-0.1, -0.05) is 24.3 Å². The van der Waals surface area contributed by atoms with Crippen molar-refractivity contribution >= 4 is 11.6 Å². The SMILES string of the molecule is CCNC(=NCC1CCN(c2ccccc2OC)C1)NCCc1ccc(-n2cccn2)cc1. The molecule has 2 aromatic carbocycles. The molecule has 0 bridgehead atoms. The molecule has 1 fully saturated rings. The second kappa shape index (κ2) is 11.4. The number of para-hydroxylation sites is 2. The van der Waals surface area contributed by atoms with Gasteiger partial charge in [-0.25, -0.2) is 4.68 Å². The number of methoxy groups -OCH3 is 1. The predicted molar refractivity (Wildman–Crippen MR) is 135 cm³/mol. The van der Waals surface area contributed by atoms with Gasteiger partial charge in [0.2, 0.25) is 0 Å². The van der Waals surface area contributed by atoms with Crippen LogP contribution in [0.5, 0.6) is 5.75 Å². The molecule has 2 N–H and O–H groups in total. The zero-order valence-corrected chi connectivity index (χ0v) is 19.6. The van der Waals surface area contributed by atoms with Gasteiger partial charge in [-0.05, 0) is 61.6 Å². The van der Waals surface area contributed by atoms with Crippen LogP contribution in [0.1, 0.15) is 18.9 Å². The molecule has 1 aromatic heterocycles. The molecular formula is C26H34N6O. The molecule has 0 aliphatic carbocycles. The summed E-state index contributed by atoms with van der Waals surface area (Å²) in [6.45, 7) is 6.65. The minimum atomic E-state index is 0.542. The molecule has 33 heavy (non-hydrogen) atoms. The molecule has 1 unspecified atom stereocenters. The molecule has 3 aromatic rings. The van der Waals surface area contributed by atoms with Gasteiger partial charge in [0.05, 0.1) is 18.5 Å². The van der Waals surface area contributed by atoms with Crippen LogP contribution >= 0.6 is 0 Å². The van der Waals surface area contributed by atoms with Crippen molar-refractivity contribution in [2.75, 3.05) is 44.7 Å². The number of guanidine groups is 1. The number of rotatable bonds is 9. The van der Waals surface area contributed by atoms with Crippen LogP contribution in [0.3, 0.4) is 0 Å². The second-order valence-corrected chi connectivity index (χ2v) is 8.29. The van der Waals surface area contributed by atoms with Crippen LogP contribution in [0, 0.1) is 5.92 Å². The summed E-state index contributed by atoms with van der Waals surface area (Å²) in [6, 6.07) is 18.7. The average Bonchev–Trinajstić information content (AvgIpc) is 3.56. The lowest BCUT2D eigenvalue weighted by atomic mass is 10.1. The zero-order chi connectivity index (χ0) is 22.9. The molecule has 7 nitrogen and oxygen atoms in total. The van der Waals surface area contributed by atoms with Gasteiger partial charge in [-0.3, -0.25) is 4.99 Å². The van der Waals surface area contributed by atoms with Crippen molar-refractivity contribution < 1.29 is 4.74 Å². The molecule has 1 saturated heterocycles. The van der Waals surface area contributed by atoms with E-state index >= 15 is 0 Å². The lowest BCUT2D eigenvalue weighted by Crippen LogP contribution is -2.38. The number of nitrogens with one attached hydrogen (secondary N) is 2. The van der Waals surface area contributed by atoms with E-state index in [1.165, 1.54) is 11.3 Å². The summed E-state index contributed by atoms with van der Waals surface area (Å²) in [4.78, 5) is 7.28. The van der Waals surface area contributed by atoms with Crippen LogP contribution in [0.2, 0.25) is 0 Å². The Balaban J connectivity index is 1.26. The van der Waals surface area contributed by atoms with Gasteiger partial charge in [-0.2, -0.15) is 5.10 Å². The molecule has 0 saturated carbocycles. The molecular weight excluding hydrogens is 412 g/mol. The van der Waals surface area contributed by atoms with Crippen molar-refractivity contribution in [3.8, 4) is 11.4 Å². The van der Waals surface area contributed by atoms with Crippen molar-refractivity contribution in [3.05, 3.63) is 72.6 Å². The first kappa shape index (κ1) is 22.7. The highest BCUT2D eigenvalue weighted by Crippen LogP contribution is 2.31. The molecule has 1 atom stereocenters. The molecule has 0 radical (unpaired) electrons. The fourth-order valence-corrected chi connectivity index (χ4v) is 4.22. The van der Waals surface area contributed by atoms with Gasteiger partial charge in [-0.15, -0.1) is 0 Å². The van der Waals surface area contributed by atoms with E-state index in [0.717, 1.165) is 63.0 Å². The normalized spacial score (nSPS) is 16.1. The highest BCUT2D eigenvalue weighted by atomic mass is 16.5. The number of aromatic nitrogens is 2. The quantitative estimate of drug-likeness (QED) is 0.389. The van der Waals surface area contributed by atoms with E-state index < -0.39 is 0 Å². The molecule has 0 amide bonds. The van der Waals surface area contributed by atoms with Crippen LogP contribution in [-0.4, -0.2) is 55.6 Å². The van der Waals surface area contributed by atoms with Gasteiger partial charge in [0.25, 0.3) is 0 Å². The largest absolute Gasteiger partial charge is 0.495 e. The molecule has 174 valence electrons. The van der Waals surface area contributed by atoms with Crippen molar-refractivity contribution in [3.63, 3.8) is 0 Å². The third-order valence-electron chi connectivity index (χ3n) is 5.97. The van der Waals surface area contributed by atoms with Crippen molar-refractivity contribution in [2.45, 2.75) is 19.8 Å². The first-order valence-electron chi connectivity index (χ1n) is 11.8. The van der Waals surface area contributed by atoms with Crippen LogP contribution < -0.4 is 20.3 Å². The topological polar surface area (TPSA) is 66.7 Å². The summed E-state index contributed by atoms with van der Waals surface area (Å²) in [5, 5.41) is 11.1. The molecule has 1 aliphatic rings. The fraction of sp³-hybridized carbons (Fsp3) is 0.385. The maximum atomic E-state index is 5.54. The average molecular weight is 447 g/mol. The third kappa shape index (κ3) is 6.06. The number of aliphatic imine (C=N–C) groups is 1. The Labute approximate surface area is 196 Å². The maximum absolute atomic E-state index is 5.54. The Morgan fingerprint density at radius 1 is 1.12 bits per heavy atom. The monoisotopic (exact) mass is 446 g/mol. The summed E-state index contributed by atoms with van der Waals surface area (Å²) < 4.78 is 7.41. The van der Waals surface area contributed by atoms with E-state index in [1.54, 1.807) is 13.3 Å². The first-order chi connectivity index (χ1) is 16.3. The second-order valence-electron chi connectivity index (χ2n) is 8.29.